The van der Waals surface area contributed by atoms with Gasteiger partial charge in [-0.1, -0.05) is 30.3 Å². The van der Waals surface area contributed by atoms with E-state index in [1.807, 2.05) is 24.3 Å². The Labute approximate surface area is 154 Å². The highest BCUT2D eigenvalue weighted by atomic mass is 32.1. The molecule has 26 heavy (non-hydrogen) atoms. The summed E-state index contributed by atoms with van der Waals surface area (Å²) in [5.41, 5.74) is 5.34. The van der Waals surface area contributed by atoms with Gasteiger partial charge < -0.3 is 4.57 Å². The van der Waals surface area contributed by atoms with E-state index in [0.717, 1.165) is 12.0 Å². The second-order valence-electron chi connectivity index (χ2n) is 6.27. The average Bonchev–Trinajstić information content (AvgIpc) is 3.34. The topological polar surface area (TPSA) is 22.0 Å². The summed E-state index contributed by atoms with van der Waals surface area (Å²) in [6, 6.07) is 27.1. The van der Waals surface area contributed by atoms with Crippen LogP contribution in [0, 0.1) is 0 Å². The zero-order valence-corrected chi connectivity index (χ0v) is 14.7. The molecule has 5 rings (SSSR count). The third-order valence-corrected chi connectivity index (χ3v) is 5.68. The highest BCUT2D eigenvalue weighted by Gasteiger charge is 2.13. The van der Waals surface area contributed by atoms with Gasteiger partial charge >= 0.3 is 0 Å². The quantitative estimate of drug-likeness (QED) is 0.348. The number of rotatable bonds is 3. The second-order valence-corrected chi connectivity index (χ2v) is 7.22. The van der Waals surface area contributed by atoms with Crippen molar-refractivity contribution in [1.82, 2.24) is 4.57 Å². The Kier molecular flexibility index (Phi) is 3.47. The first-order valence-electron chi connectivity index (χ1n) is 8.48. The van der Waals surface area contributed by atoms with Gasteiger partial charge in [0.2, 0.25) is 0 Å². The molecule has 0 aliphatic rings. The Morgan fingerprint density at radius 3 is 2.35 bits per heavy atom. The van der Waals surface area contributed by atoms with E-state index in [2.05, 4.69) is 64.5 Å². The SMILES string of the molecule is O=Cc1ccc(-n2c3ccccc3c3cc(-c4cccs4)ccc32)cc1. The van der Waals surface area contributed by atoms with Gasteiger partial charge in [-0.15, -0.1) is 11.3 Å². The summed E-state index contributed by atoms with van der Waals surface area (Å²) in [5, 5.41) is 4.59. The largest absolute Gasteiger partial charge is 0.309 e. The maximum Gasteiger partial charge on any atom is 0.150 e. The van der Waals surface area contributed by atoms with Gasteiger partial charge in [-0.2, -0.15) is 0 Å². The smallest absolute Gasteiger partial charge is 0.150 e. The number of carbonyl (C=O) groups is 1. The number of nitrogens with zero attached hydrogens (tertiary/aromatic N) is 1. The van der Waals surface area contributed by atoms with Gasteiger partial charge in [-0.05, 0) is 59.5 Å². The molecule has 0 amide bonds. The predicted octanol–water partition coefficient (Wildman–Crippen LogP) is 6.32. The lowest BCUT2D eigenvalue weighted by atomic mass is 10.1. The van der Waals surface area contributed by atoms with E-state index in [0.29, 0.717) is 5.56 Å². The van der Waals surface area contributed by atoms with E-state index in [1.54, 1.807) is 11.3 Å². The molecule has 0 bridgehead atoms. The van der Waals surface area contributed by atoms with E-state index < -0.39 is 0 Å². The van der Waals surface area contributed by atoms with Crippen LogP contribution in [0.3, 0.4) is 0 Å². The van der Waals surface area contributed by atoms with Crippen LogP contribution in [0.15, 0.2) is 84.2 Å². The van der Waals surface area contributed by atoms with Crippen LogP contribution >= 0.6 is 11.3 Å². The van der Waals surface area contributed by atoms with Crippen LogP contribution in [0.2, 0.25) is 0 Å². The van der Waals surface area contributed by atoms with Crippen molar-refractivity contribution in [2.24, 2.45) is 0 Å². The lowest BCUT2D eigenvalue weighted by molar-refractivity contribution is 0.112. The van der Waals surface area contributed by atoms with E-state index in [-0.39, 0.29) is 0 Å². The van der Waals surface area contributed by atoms with Crippen LogP contribution in [0.4, 0.5) is 0 Å². The third-order valence-electron chi connectivity index (χ3n) is 4.77. The van der Waals surface area contributed by atoms with Gasteiger partial charge in [0.25, 0.3) is 0 Å². The summed E-state index contributed by atoms with van der Waals surface area (Å²) in [7, 11) is 0. The number of para-hydroxylation sites is 1. The molecule has 0 atom stereocenters. The van der Waals surface area contributed by atoms with E-state index >= 15 is 0 Å². The fourth-order valence-corrected chi connectivity index (χ4v) is 4.27. The van der Waals surface area contributed by atoms with E-state index in [4.69, 9.17) is 0 Å². The van der Waals surface area contributed by atoms with E-state index in [9.17, 15) is 4.79 Å². The minimum absolute atomic E-state index is 0.689. The monoisotopic (exact) mass is 353 g/mol. The maximum atomic E-state index is 11.0. The van der Waals surface area contributed by atoms with Crippen molar-refractivity contribution < 1.29 is 4.79 Å². The Balaban J connectivity index is 1.82. The molecular formula is C23H15NOS. The fraction of sp³-hybridized carbons (Fsp3) is 0. The second kappa shape index (κ2) is 5.97. The Morgan fingerprint density at radius 2 is 1.58 bits per heavy atom. The van der Waals surface area contributed by atoms with Gasteiger partial charge in [0.15, 0.2) is 0 Å². The van der Waals surface area contributed by atoms with Gasteiger partial charge in [-0.25, -0.2) is 0 Å². The Hall–Kier alpha value is -3.17. The first-order chi connectivity index (χ1) is 12.8. The lowest BCUT2D eigenvalue weighted by Crippen LogP contribution is -1.94. The molecule has 124 valence electrons. The highest BCUT2D eigenvalue weighted by molar-refractivity contribution is 7.13. The van der Waals surface area contributed by atoms with Crippen molar-refractivity contribution >= 4 is 39.4 Å². The molecule has 0 saturated heterocycles. The molecule has 0 N–H and O–H groups in total. The van der Waals surface area contributed by atoms with Crippen molar-refractivity contribution in [3.63, 3.8) is 0 Å². The molecule has 0 aliphatic carbocycles. The average molecular weight is 353 g/mol. The van der Waals surface area contributed by atoms with Crippen LogP contribution in [-0.2, 0) is 0 Å². The number of benzene rings is 3. The number of carbonyl (C=O) groups excluding carboxylic acids is 1. The molecule has 2 aromatic heterocycles. The molecule has 3 aromatic carbocycles. The van der Waals surface area contributed by atoms with Crippen LogP contribution in [-0.4, -0.2) is 10.9 Å². The minimum atomic E-state index is 0.689. The minimum Gasteiger partial charge on any atom is -0.309 e. The van der Waals surface area contributed by atoms with Crippen LogP contribution in [0.1, 0.15) is 10.4 Å². The van der Waals surface area contributed by atoms with Crippen LogP contribution < -0.4 is 0 Å². The van der Waals surface area contributed by atoms with Crippen molar-refractivity contribution in [2.75, 3.05) is 0 Å². The molecule has 0 spiro atoms. The summed E-state index contributed by atoms with van der Waals surface area (Å²) < 4.78 is 2.26. The lowest BCUT2D eigenvalue weighted by Gasteiger charge is -2.08. The zero-order valence-electron chi connectivity index (χ0n) is 13.9. The summed E-state index contributed by atoms with van der Waals surface area (Å²) in [6.45, 7) is 0. The first kappa shape index (κ1) is 15.1. The molecule has 0 aliphatic heterocycles. The number of hydrogen-bond acceptors (Lipinski definition) is 2. The van der Waals surface area contributed by atoms with Gasteiger partial charge in [0.05, 0.1) is 11.0 Å². The van der Waals surface area contributed by atoms with E-state index in [1.165, 1.54) is 32.2 Å². The fourth-order valence-electron chi connectivity index (χ4n) is 3.55. The number of aromatic nitrogens is 1. The molecule has 0 fully saturated rings. The highest BCUT2D eigenvalue weighted by Crippen LogP contribution is 2.35. The van der Waals surface area contributed by atoms with Crippen molar-refractivity contribution in [3.8, 4) is 16.1 Å². The predicted molar refractivity (Wildman–Crippen MR) is 109 cm³/mol. The number of aldehydes is 1. The molecule has 2 heterocycles. The Morgan fingerprint density at radius 1 is 0.769 bits per heavy atom. The van der Waals surface area contributed by atoms with Crippen molar-refractivity contribution in [2.45, 2.75) is 0 Å². The van der Waals surface area contributed by atoms with Crippen LogP contribution in [0.5, 0.6) is 0 Å². The number of hydrogen-bond donors (Lipinski definition) is 0. The third kappa shape index (κ3) is 2.29. The van der Waals surface area contributed by atoms with Gasteiger partial charge in [-0.3, -0.25) is 4.79 Å². The summed E-state index contributed by atoms with van der Waals surface area (Å²) >= 11 is 1.76. The molecular weight excluding hydrogens is 338 g/mol. The molecule has 3 heteroatoms. The summed E-state index contributed by atoms with van der Waals surface area (Å²) in [5.74, 6) is 0. The number of thiophene rings is 1. The molecule has 2 nitrogen and oxygen atoms in total. The van der Waals surface area contributed by atoms with Gasteiger partial charge in [0, 0.05) is 26.9 Å². The molecule has 5 aromatic rings. The van der Waals surface area contributed by atoms with Crippen LogP contribution in [0.25, 0.3) is 37.9 Å². The molecule has 0 saturated carbocycles. The Bertz CT molecular complexity index is 1230. The van der Waals surface area contributed by atoms with Crippen molar-refractivity contribution in [3.05, 3.63) is 89.8 Å². The van der Waals surface area contributed by atoms with Gasteiger partial charge in [0.1, 0.15) is 6.29 Å². The standard InChI is InChI=1S/C23H15NOS/c25-15-16-7-10-18(11-8-16)24-21-5-2-1-4-19(21)20-14-17(9-12-22(20)24)23-6-3-13-26-23/h1-15H. The first-order valence-corrected chi connectivity index (χ1v) is 9.36. The number of fused-ring (bicyclic) bond motifs is 3. The summed E-state index contributed by atoms with van der Waals surface area (Å²) in [6.07, 6.45) is 0.878. The maximum absolute atomic E-state index is 11.0. The normalized spacial score (nSPS) is 11.2. The zero-order chi connectivity index (χ0) is 17.5. The molecule has 0 unspecified atom stereocenters. The summed E-state index contributed by atoms with van der Waals surface area (Å²) in [4.78, 5) is 12.3. The molecule has 0 radical (unpaired) electrons. The van der Waals surface area contributed by atoms with Crippen molar-refractivity contribution in [1.29, 1.82) is 0 Å².